The lowest BCUT2D eigenvalue weighted by Gasteiger charge is -2.23. The summed E-state index contributed by atoms with van der Waals surface area (Å²) in [4.78, 5) is 6.35. The molecule has 0 aliphatic rings. The predicted molar refractivity (Wildman–Crippen MR) is 94.5 cm³/mol. The van der Waals surface area contributed by atoms with Crippen molar-refractivity contribution in [3.05, 3.63) is 34.9 Å². The van der Waals surface area contributed by atoms with Gasteiger partial charge in [-0.3, -0.25) is 4.99 Å². The molecule has 1 rings (SSSR count). The topological polar surface area (TPSA) is 27.6 Å². The summed E-state index contributed by atoms with van der Waals surface area (Å²) in [5, 5.41) is 4.14. The Hall–Kier alpha value is -0.490. The van der Waals surface area contributed by atoms with E-state index in [4.69, 9.17) is 11.6 Å². The van der Waals surface area contributed by atoms with Crippen molar-refractivity contribution in [2.45, 2.75) is 20.4 Å². The first kappa shape index (κ1) is 18.5. The van der Waals surface area contributed by atoms with E-state index in [9.17, 15) is 0 Å². The standard InChI is InChI=1S/C14H22ClN3.HI/c1-11(2)9-17-14(16-3)18(4)10-12-7-5-6-8-13(12)15;/h5-8,11H,9-10H2,1-4H3,(H,16,17);1H. The van der Waals surface area contributed by atoms with E-state index in [1.165, 1.54) is 0 Å². The van der Waals surface area contributed by atoms with E-state index in [2.05, 4.69) is 29.1 Å². The van der Waals surface area contributed by atoms with Gasteiger partial charge in [-0.05, 0) is 17.5 Å². The van der Waals surface area contributed by atoms with E-state index in [1.54, 1.807) is 7.05 Å². The first-order valence-electron chi connectivity index (χ1n) is 6.19. The van der Waals surface area contributed by atoms with Crippen LogP contribution in [0.2, 0.25) is 5.02 Å². The summed E-state index contributed by atoms with van der Waals surface area (Å²) < 4.78 is 0. The Morgan fingerprint density at radius 3 is 2.53 bits per heavy atom. The molecule has 3 nitrogen and oxygen atoms in total. The van der Waals surface area contributed by atoms with Crippen LogP contribution >= 0.6 is 35.6 Å². The Morgan fingerprint density at radius 2 is 2.00 bits per heavy atom. The molecule has 108 valence electrons. The van der Waals surface area contributed by atoms with Gasteiger partial charge in [-0.25, -0.2) is 0 Å². The molecule has 0 fully saturated rings. The number of rotatable bonds is 4. The number of hydrogen-bond donors (Lipinski definition) is 1. The Morgan fingerprint density at radius 1 is 1.37 bits per heavy atom. The number of aliphatic imine (C=N–C) groups is 1. The number of nitrogens with zero attached hydrogens (tertiary/aromatic N) is 2. The highest BCUT2D eigenvalue weighted by Crippen LogP contribution is 2.16. The molecule has 1 aromatic rings. The van der Waals surface area contributed by atoms with Crippen molar-refractivity contribution in [1.29, 1.82) is 0 Å². The van der Waals surface area contributed by atoms with Crippen molar-refractivity contribution in [3.63, 3.8) is 0 Å². The van der Waals surface area contributed by atoms with Gasteiger partial charge in [0.05, 0.1) is 0 Å². The molecular formula is C14H23ClIN3. The highest BCUT2D eigenvalue weighted by Gasteiger charge is 2.08. The van der Waals surface area contributed by atoms with Gasteiger partial charge in [0.15, 0.2) is 5.96 Å². The second kappa shape index (κ2) is 9.42. The Balaban J connectivity index is 0.00000324. The smallest absolute Gasteiger partial charge is 0.193 e. The van der Waals surface area contributed by atoms with Crippen molar-refractivity contribution in [3.8, 4) is 0 Å². The Kier molecular flexibility index (Phi) is 9.18. The van der Waals surface area contributed by atoms with Crippen LogP contribution in [0.5, 0.6) is 0 Å². The highest BCUT2D eigenvalue weighted by atomic mass is 127. The van der Waals surface area contributed by atoms with Crippen LogP contribution in [-0.4, -0.2) is 31.5 Å². The maximum Gasteiger partial charge on any atom is 0.193 e. The highest BCUT2D eigenvalue weighted by molar-refractivity contribution is 14.0. The van der Waals surface area contributed by atoms with E-state index in [1.807, 2.05) is 31.3 Å². The molecule has 0 atom stereocenters. The first-order valence-corrected chi connectivity index (χ1v) is 6.57. The monoisotopic (exact) mass is 395 g/mol. The van der Waals surface area contributed by atoms with E-state index in [0.717, 1.165) is 29.6 Å². The van der Waals surface area contributed by atoms with Crippen LogP contribution in [0.1, 0.15) is 19.4 Å². The SMILES string of the molecule is CN=C(NCC(C)C)N(C)Cc1ccccc1Cl.I. The molecule has 0 heterocycles. The van der Waals surface area contributed by atoms with Gasteiger partial charge in [-0.15, -0.1) is 24.0 Å². The van der Waals surface area contributed by atoms with E-state index >= 15 is 0 Å². The minimum Gasteiger partial charge on any atom is -0.356 e. The minimum atomic E-state index is 0. The molecule has 0 bridgehead atoms. The van der Waals surface area contributed by atoms with Crippen LogP contribution in [0.25, 0.3) is 0 Å². The second-order valence-electron chi connectivity index (χ2n) is 4.77. The van der Waals surface area contributed by atoms with Crippen molar-refractivity contribution in [2.75, 3.05) is 20.6 Å². The molecule has 0 aliphatic carbocycles. The lowest BCUT2D eigenvalue weighted by atomic mass is 10.2. The Bertz CT molecular complexity index is 407. The minimum absolute atomic E-state index is 0. The van der Waals surface area contributed by atoms with Gasteiger partial charge in [0.25, 0.3) is 0 Å². The average Bonchev–Trinajstić information content (AvgIpc) is 2.32. The van der Waals surface area contributed by atoms with Gasteiger partial charge < -0.3 is 10.2 Å². The van der Waals surface area contributed by atoms with Gasteiger partial charge in [-0.1, -0.05) is 43.6 Å². The normalized spacial score (nSPS) is 11.2. The lowest BCUT2D eigenvalue weighted by molar-refractivity contribution is 0.468. The average molecular weight is 396 g/mol. The molecule has 0 radical (unpaired) electrons. The number of benzene rings is 1. The van der Waals surface area contributed by atoms with Gasteiger partial charge in [-0.2, -0.15) is 0 Å². The summed E-state index contributed by atoms with van der Waals surface area (Å²) in [6, 6.07) is 7.89. The third-order valence-corrected chi connectivity index (χ3v) is 2.98. The van der Waals surface area contributed by atoms with Gasteiger partial charge in [0, 0.05) is 32.2 Å². The molecule has 0 aromatic heterocycles. The van der Waals surface area contributed by atoms with Crippen molar-refractivity contribution in [1.82, 2.24) is 10.2 Å². The van der Waals surface area contributed by atoms with Crippen LogP contribution in [-0.2, 0) is 6.54 Å². The molecule has 0 unspecified atom stereocenters. The molecule has 5 heteroatoms. The number of halogens is 2. The van der Waals surface area contributed by atoms with Gasteiger partial charge >= 0.3 is 0 Å². The zero-order valence-corrected chi connectivity index (χ0v) is 15.1. The fourth-order valence-corrected chi connectivity index (χ4v) is 1.83. The molecule has 0 saturated heterocycles. The van der Waals surface area contributed by atoms with E-state index in [-0.39, 0.29) is 24.0 Å². The fourth-order valence-electron chi connectivity index (χ4n) is 1.64. The van der Waals surface area contributed by atoms with Gasteiger partial charge in [0.2, 0.25) is 0 Å². The molecule has 0 saturated carbocycles. The van der Waals surface area contributed by atoms with E-state index in [0.29, 0.717) is 5.92 Å². The summed E-state index contributed by atoms with van der Waals surface area (Å²) in [6.07, 6.45) is 0. The molecule has 19 heavy (non-hydrogen) atoms. The van der Waals surface area contributed by atoms with Crippen molar-refractivity contribution in [2.24, 2.45) is 10.9 Å². The molecule has 1 aromatic carbocycles. The molecule has 0 spiro atoms. The van der Waals surface area contributed by atoms with Crippen molar-refractivity contribution < 1.29 is 0 Å². The molecule has 0 aliphatic heterocycles. The van der Waals surface area contributed by atoms with Crippen LogP contribution in [0.3, 0.4) is 0 Å². The maximum atomic E-state index is 6.16. The number of nitrogens with one attached hydrogen (secondary N) is 1. The molecule has 1 N–H and O–H groups in total. The maximum absolute atomic E-state index is 6.16. The second-order valence-corrected chi connectivity index (χ2v) is 5.18. The Labute approximate surface area is 138 Å². The summed E-state index contributed by atoms with van der Waals surface area (Å²) in [5.41, 5.74) is 1.11. The van der Waals surface area contributed by atoms with Crippen LogP contribution in [0, 0.1) is 5.92 Å². The lowest BCUT2D eigenvalue weighted by Crippen LogP contribution is -2.40. The summed E-state index contributed by atoms with van der Waals surface area (Å²) in [5.74, 6) is 1.49. The zero-order chi connectivity index (χ0) is 13.5. The zero-order valence-electron chi connectivity index (χ0n) is 12.0. The number of hydrogen-bond acceptors (Lipinski definition) is 1. The van der Waals surface area contributed by atoms with Gasteiger partial charge in [0.1, 0.15) is 0 Å². The van der Waals surface area contributed by atoms with Crippen LogP contribution < -0.4 is 5.32 Å². The quantitative estimate of drug-likeness (QED) is 0.479. The number of guanidine groups is 1. The summed E-state index contributed by atoms with van der Waals surface area (Å²) >= 11 is 6.16. The molecular weight excluding hydrogens is 373 g/mol. The van der Waals surface area contributed by atoms with Crippen molar-refractivity contribution >= 4 is 41.5 Å². The molecule has 0 amide bonds. The van der Waals surface area contributed by atoms with E-state index < -0.39 is 0 Å². The largest absolute Gasteiger partial charge is 0.356 e. The summed E-state index contributed by atoms with van der Waals surface area (Å²) in [7, 11) is 3.81. The first-order chi connectivity index (χ1) is 8.54. The van der Waals surface area contributed by atoms with Crippen LogP contribution in [0.15, 0.2) is 29.3 Å². The fraction of sp³-hybridized carbons (Fsp3) is 0.500. The third kappa shape index (κ3) is 6.47. The van der Waals surface area contributed by atoms with Crippen LogP contribution in [0.4, 0.5) is 0 Å². The predicted octanol–water partition coefficient (Wildman–Crippen LogP) is 3.62. The third-order valence-electron chi connectivity index (χ3n) is 2.61. The summed E-state index contributed by atoms with van der Waals surface area (Å²) in [6.45, 7) is 6.01.